The Morgan fingerprint density at radius 3 is 2.90 bits per heavy atom. The molecule has 0 aromatic heterocycles. The Bertz CT molecular complexity index is 551. The Morgan fingerprint density at radius 1 is 1.43 bits per heavy atom. The highest BCUT2D eigenvalue weighted by Gasteiger charge is 2.47. The van der Waals surface area contributed by atoms with Crippen LogP contribution in [0.15, 0.2) is 23.1 Å². The number of hydrogen-bond acceptors (Lipinski definition) is 3. The standard InChI is InChI=1S/C16H20FNO2S/c1-21-14-7-11(4-5-13(14)17)16(20)18-15-10-3-2-9(6-10)12(15)8-19/h4-5,7,9-10,12,15,19H,2-3,6,8H2,1H3,(H,18,20). The minimum atomic E-state index is -0.299. The number of rotatable bonds is 4. The molecule has 1 amide bonds. The molecule has 1 aromatic carbocycles. The van der Waals surface area contributed by atoms with Crippen LogP contribution < -0.4 is 5.32 Å². The van der Waals surface area contributed by atoms with Crippen molar-refractivity contribution in [2.45, 2.75) is 30.2 Å². The molecular formula is C16H20FNO2S. The highest BCUT2D eigenvalue weighted by molar-refractivity contribution is 7.98. The predicted octanol–water partition coefficient (Wildman–Crippen LogP) is 2.68. The van der Waals surface area contributed by atoms with E-state index in [4.69, 9.17) is 0 Å². The van der Waals surface area contributed by atoms with E-state index in [0.29, 0.717) is 22.3 Å². The number of amides is 1. The molecule has 0 heterocycles. The van der Waals surface area contributed by atoms with E-state index in [9.17, 15) is 14.3 Å². The van der Waals surface area contributed by atoms with Gasteiger partial charge in [0.15, 0.2) is 0 Å². The van der Waals surface area contributed by atoms with Crippen LogP contribution in [-0.4, -0.2) is 29.9 Å². The third-order valence-corrected chi connectivity index (χ3v) is 5.76. The Labute approximate surface area is 128 Å². The van der Waals surface area contributed by atoms with Gasteiger partial charge in [-0.2, -0.15) is 0 Å². The van der Waals surface area contributed by atoms with Gasteiger partial charge in [0, 0.05) is 29.0 Å². The van der Waals surface area contributed by atoms with Crippen LogP contribution in [0.1, 0.15) is 29.6 Å². The zero-order chi connectivity index (χ0) is 15.0. The monoisotopic (exact) mass is 309 g/mol. The lowest BCUT2D eigenvalue weighted by Gasteiger charge is -2.30. The molecule has 0 saturated heterocycles. The van der Waals surface area contributed by atoms with Gasteiger partial charge >= 0.3 is 0 Å². The van der Waals surface area contributed by atoms with Gasteiger partial charge in [0.25, 0.3) is 5.91 Å². The van der Waals surface area contributed by atoms with Crippen LogP contribution in [0.2, 0.25) is 0 Å². The molecule has 2 saturated carbocycles. The molecule has 0 spiro atoms. The Balaban J connectivity index is 1.74. The summed E-state index contributed by atoms with van der Waals surface area (Å²) in [4.78, 5) is 12.9. The molecule has 114 valence electrons. The van der Waals surface area contributed by atoms with Crippen molar-refractivity contribution >= 4 is 17.7 Å². The van der Waals surface area contributed by atoms with E-state index in [1.54, 1.807) is 12.3 Å². The number of carbonyl (C=O) groups excluding carboxylic acids is 1. The van der Waals surface area contributed by atoms with Gasteiger partial charge < -0.3 is 10.4 Å². The quantitative estimate of drug-likeness (QED) is 0.841. The van der Waals surface area contributed by atoms with Gasteiger partial charge in [0.1, 0.15) is 5.82 Å². The van der Waals surface area contributed by atoms with Crippen LogP contribution in [0.25, 0.3) is 0 Å². The first kappa shape index (κ1) is 14.9. The van der Waals surface area contributed by atoms with Gasteiger partial charge in [0.05, 0.1) is 0 Å². The van der Waals surface area contributed by atoms with Crippen LogP contribution in [0.4, 0.5) is 4.39 Å². The minimum absolute atomic E-state index is 0.0593. The van der Waals surface area contributed by atoms with Crippen molar-refractivity contribution in [1.29, 1.82) is 0 Å². The molecule has 1 aromatic rings. The summed E-state index contributed by atoms with van der Waals surface area (Å²) in [6.07, 6.45) is 5.19. The number of aliphatic hydroxyl groups is 1. The van der Waals surface area contributed by atoms with Crippen molar-refractivity contribution in [1.82, 2.24) is 5.32 Å². The first-order chi connectivity index (χ1) is 10.1. The molecule has 2 bridgehead atoms. The van der Waals surface area contributed by atoms with Crippen molar-refractivity contribution in [2.24, 2.45) is 17.8 Å². The van der Waals surface area contributed by atoms with Gasteiger partial charge in [-0.25, -0.2) is 4.39 Å². The topological polar surface area (TPSA) is 49.3 Å². The van der Waals surface area contributed by atoms with Crippen molar-refractivity contribution in [2.75, 3.05) is 12.9 Å². The number of hydrogen-bond donors (Lipinski definition) is 2. The number of fused-ring (bicyclic) bond motifs is 2. The van der Waals surface area contributed by atoms with Crippen LogP contribution in [-0.2, 0) is 0 Å². The SMILES string of the molecule is CSc1cc(C(=O)NC2C3CCC(C3)C2CO)ccc1F. The van der Waals surface area contributed by atoms with Gasteiger partial charge in [-0.1, -0.05) is 0 Å². The Hall–Kier alpha value is -1.07. The fraction of sp³-hybridized carbons (Fsp3) is 0.562. The zero-order valence-corrected chi connectivity index (χ0v) is 12.8. The summed E-state index contributed by atoms with van der Waals surface area (Å²) in [7, 11) is 0. The molecule has 0 radical (unpaired) electrons. The fourth-order valence-corrected chi connectivity index (χ4v) is 4.44. The first-order valence-electron chi connectivity index (χ1n) is 7.39. The largest absolute Gasteiger partial charge is 0.396 e. The third kappa shape index (κ3) is 2.69. The fourth-order valence-electron chi connectivity index (χ4n) is 3.93. The van der Waals surface area contributed by atoms with Crippen LogP contribution in [0.3, 0.4) is 0 Å². The van der Waals surface area contributed by atoms with E-state index < -0.39 is 0 Å². The van der Waals surface area contributed by atoms with Crippen molar-refractivity contribution < 1.29 is 14.3 Å². The van der Waals surface area contributed by atoms with E-state index in [1.807, 2.05) is 0 Å². The van der Waals surface area contributed by atoms with E-state index in [1.165, 1.54) is 23.9 Å². The summed E-state index contributed by atoms with van der Waals surface area (Å²) >= 11 is 1.29. The molecule has 3 rings (SSSR count). The molecule has 4 unspecified atom stereocenters. The second kappa shape index (κ2) is 5.97. The van der Waals surface area contributed by atoms with Crippen molar-refractivity contribution in [3.8, 4) is 0 Å². The zero-order valence-electron chi connectivity index (χ0n) is 12.0. The highest BCUT2D eigenvalue weighted by atomic mass is 32.2. The molecule has 21 heavy (non-hydrogen) atoms. The summed E-state index contributed by atoms with van der Waals surface area (Å²) in [6, 6.07) is 4.51. The molecule has 2 N–H and O–H groups in total. The molecular weight excluding hydrogens is 289 g/mol. The molecule has 2 fully saturated rings. The number of nitrogens with one attached hydrogen (secondary N) is 1. The maximum Gasteiger partial charge on any atom is 0.251 e. The van der Waals surface area contributed by atoms with Crippen LogP contribution >= 0.6 is 11.8 Å². The minimum Gasteiger partial charge on any atom is -0.396 e. The van der Waals surface area contributed by atoms with Crippen molar-refractivity contribution in [3.05, 3.63) is 29.6 Å². The number of benzene rings is 1. The van der Waals surface area contributed by atoms with E-state index in [-0.39, 0.29) is 30.3 Å². The Kier molecular flexibility index (Phi) is 4.22. The van der Waals surface area contributed by atoms with E-state index in [0.717, 1.165) is 19.3 Å². The van der Waals surface area contributed by atoms with Gasteiger partial charge in [-0.15, -0.1) is 11.8 Å². The number of carbonyl (C=O) groups is 1. The normalized spacial score (nSPS) is 30.6. The van der Waals surface area contributed by atoms with E-state index >= 15 is 0 Å². The van der Waals surface area contributed by atoms with Gasteiger partial charge in [0.2, 0.25) is 0 Å². The van der Waals surface area contributed by atoms with E-state index in [2.05, 4.69) is 5.32 Å². The lowest BCUT2D eigenvalue weighted by molar-refractivity contribution is 0.0861. The summed E-state index contributed by atoms with van der Waals surface area (Å²) in [5.41, 5.74) is 0.486. The average Bonchev–Trinajstić information content (AvgIpc) is 3.08. The van der Waals surface area contributed by atoms with Gasteiger partial charge in [-0.3, -0.25) is 4.79 Å². The lowest BCUT2D eigenvalue weighted by Crippen LogP contribution is -2.45. The molecule has 0 aliphatic heterocycles. The molecule has 2 aliphatic carbocycles. The number of halogens is 1. The summed E-state index contributed by atoms with van der Waals surface area (Å²) in [5, 5.41) is 12.6. The summed E-state index contributed by atoms with van der Waals surface area (Å²) < 4.78 is 13.5. The first-order valence-corrected chi connectivity index (χ1v) is 8.61. The van der Waals surface area contributed by atoms with Crippen LogP contribution in [0, 0.1) is 23.6 Å². The third-order valence-electron chi connectivity index (χ3n) is 5.01. The lowest BCUT2D eigenvalue weighted by atomic mass is 9.85. The molecule has 2 aliphatic rings. The van der Waals surface area contributed by atoms with Gasteiger partial charge in [-0.05, 0) is 55.6 Å². The smallest absolute Gasteiger partial charge is 0.251 e. The number of thioether (sulfide) groups is 1. The number of aliphatic hydroxyl groups excluding tert-OH is 1. The van der Waals surface area contributed by atoms with Crippen molar-refractivity contribution in [3.63, 3.8) is 0 Å². The maximum absolute atomic E-state index is 13.5. The second-order valence-corrected chi connectivity index (χ2v) is 6.88. The maximum atomic E-state index is 13.5. The summed E-state index contributed by atoms with van der Waals surface area (Å²) in [6.45, 7) is 0.131. The highest BCUT2D eigenvalue weighted by Crippen LogP contribution is 2.48. The second-order valence-electron chi connectivity index (χ2n) is 6.03. The molecule has 4 atom stereocenters. The predicted molar refractivity (Wildman–Crippen MR) is 80.8 cm³/mol. The molecule has 5 heteroatoms. The molecule has 3 nitrogen and oxygen atoms in total. The summed E-state index contributed by atoms with van der Waals surface area (Å²) in [5.74, 6) is 0.735. The Morgan fingerprint density at radius 2 is 2.19 bits per heavy atom. The van der Waals surface area contributed by atoms with Crippen LogP contribution in [0.5, 0.6) is 0 Å². The average molecular weight is 309 g/mol.